The van der Waals surface area contributed by atoms with Gasteiger partial charge >= 0.3 is 5.97 Å². The topological polar surface area (TPSA) is 90.3 Å². The lowest BCUT2D eigenvalue weighted by Crippen LogP contribution is -2.23. The summed E-state index contributed by atoms with van der Waals surface area (Å²) in [7, 11) is -3.72. The van der Waals surface area contributed by atoms with Crippen LogP contribution in [0.2, 0.25) is 0 Å². The van der Waals surface area contributed by atoms with Gasteiger partial charge in [-0.15, -0.1) is 0 Å². The first-order valence-corrected chi connectivity index (χ1v) is 9.85. The van der Waals surface area contributed by atoms with Gasteiger partial charge in [-0.05, 0) is 49.4 Å². The molecule has 0 aliphatic rings. The molecule has 0 aliphatic heterocycles. The van der Waals surface area contributed by atoms with Crippen LogP contribution in [0.25, 0.3) is 5.69 Å². The van der Waals surface area contributed by atoms with E-state index in [0.29, 0.717) is 11.3 Å². The summed E-state index contributed by atoms with van der Waals surface area (Å²) in [5.74, 6) is -0.485. The predicted octanol–water partition coefficient (Wildman–Crippen LogP) is 2.53. The maximum absolute atomic E-state index is 12.4. The van der Waals surface area contributed by atoms with E-state index in [1.165, 1.54) is 24.3 Å². The molecular formula is C19H19N3O4S. The fourth-order valence-electron chi connectivity index (χ4n) is 2.42. The van der Waals surface area contributed by atoms with E-state index in [2.05, 4.69) is 9.82 Å². The van der Waals surface area contributed by atoms with Gasteiger partial charge in [-0.2, -0.15) is 5.10 Å². The Balaban J connectivity index is 1.67. The van der Waals surface area contributed by atoms with Crippen molar-refractivity contribution < 1.29 is 17.9 Å². The molecule has 0 bridgehead atoms. The Labute approximate surface area is 157 Å². The van der Waals surface area contributed by atoms with Crippen molar-refractivity contribution in [3.05, 3.63) is 78.1 Å². The normalized spacial score (nSPS) is 11.3. The second-order valence-corrected chi connectivity index (χ2v) is 7.42. The van der Waals surface area contributed by atoms with E-state index in [1.807, 2.05) is 30.3 Å². The quantitative estimate of drug-likeness (QED) is 0.631. The zero-order chi connectivity index (χ0) is 19.3. The molecule has 1 aromatic heterocycles. The molecule has 2 aromatic carbocycles. The number of benzene rings is 2. The largest absolute Gasteiger partial charge is 0.462 e. The van der Waals surface area contributed by atoms with Gasteiger partial charge in [0.15, 0.2) is 0 Å². The first-order valence-electron chi connectivity index (χ1n) is 8.36. The number of nitrogens with one attached hydrogen (secondary N) is 1. The van der Waals surface area contributed by atoms with Gasteiger partial charge in [0.05, 0.1) is 35.0 Å². The minimum Gasteiger partial charge on any atom is -0.462 e. The maximum Gasteiger partial charge on any atom is 0.338 e. The molecule has 7 nitrogen and oxygen atoms in total. The summed E-state index contributed by atoms with van der Waals surface area (Å²) in [6.07, 6.45) is 1.77. The van der Waals surface area contributed by atoms with Gasteiger partial charge < -0.3 is 4.74 Å². The van der Waals surface area contributed by atoms with E-state index >= 15 is 0 Å². The summed E-state index contributed by atoms with van der Waals surface area (Å²) in [4.78, 5) is 11.7. The smallest absolute Gasteiger partial charge is 0.338 e. The fourth-order valence-corrected chi connectivity index (χ4v) is 3.42. The molecule has 3 rings (SSSR count). The minimum atomic E-state index is -3.72. The molecule has 0 amide bonds. The van der Waals surface area contributed by atoms with Crippen LogP contribution in [-0.2, 0) is 21.3 Å². The van der Waals surface area contributed by atoms with E-state index < -0.39 is 16.0 Å². The Morgan fingerprint density at radius 2 is 1.78 bits per heavy atom. The average molecular weight is 385 g/mol. The second kappa shape index (κ2) is 8.15. The van der Waals surface area contributed by atoms with Crippen LogP contribution in [-0.4, -0.2) is 30.8 Å². The number of sulfonamides is 1. The highest BCUT2D eigenvalue weighted by Gasteiger charge is 2.16. The average Bonchev–Trinajstić information content (AvgIpc) is 3.17. The van der Waals surface area contributed by atoms with E-state index in [1.54, 1.807) is 23.9 Å². The van der Waals surface area contributed by atoms with Crippen LogP contribution in [0.1, 0.15) is 23.0 Å². The van der Waals surface area contributed by atoms with Gasteiger partial charge in [0.2, 0.25) is 10.0 Å². The van der Waals surface area contributed by atoms with Crippen LogP contribution < -0.4 is 4.72 Å². The molecule has 0 spiro atoms. The third kappa shape index (κ3) is 4.60. The van der Waals surface area contributed by atoms with E-state index in [0.717, 1.165) is 5.69 Å². The van der Waals surface area contributed by atoms with E-state index in [-0.39, 0.29) is 18.0 Å². The Hall–Kier alpha value is -2.97. The Bertz CT molecular complexity index is 1010. The van der Waals surface area contributed by atoms with Gasteiger partial charge in [-0.25, -0.2) is 22.6 Å². The van der Waals surface area contributed by atoms with Gasteiger partial charge in [0.1, 0.15) is 0 Å². The number of nitrogens with zero attached hydrogens (tertiary/aromatic N) is 2. The lowest BCUT2D eigenvalue weighted by Gasteiger charge is -2.07. The molecule has 0 atom stereocenters. The van der Waals surface area contributed by atoms with Crippen molar-refractivity contribution in [1.82, 2.24) is 14.5 Å². The van der Waals surface area contributed by atoms with Gasteiger partial charge in [0.25, 0.3) is 0 Å². The van der Waals surface area contributed by atoms with E-state index in [9.17, 15) is 13.2 Å². The number of hydrogen-bond acceptors (Lipinski definition) is 5. The van der Waals surface area contributed by atoms with Crippen molar-refractivity contribution in [2.75, 3.05) is 6.61 Å². The number of carbonyl (C=O) groups excluding carboxylic acids is 1. The molecule has 0 saturated carbocycles. The Morgan fingerprint density at radius 1 is 1.07 bits per heavy atom. The molecule has 8 heteroatoms. The predicted molar refractivity (Wildman–Crippen MR) is 100.0 cm³/mol. The zero-order valence-electron chi connectivity index (χ0n) is 14.7. The number of carbonyl (C=O) groups is 1. The van der Waals surface area contributed by atoms with Crippen molar-refractivity contribution >= 4 is 16.0 Å². The summed E-state index contributed by atoms with van der Waals surface area (Å²) in [6.45, 7) is 2.03. The zero-order valence-corrected chi connectivity index (χ0v) is 15.5. The first kappa shape index (κ1) is 18.8. The maximum atomic E-state index is 12.4. The van der Waals surface area contributed by atoms with Crippen LogP contribution in [0.4, 0.5) is 0 Å². The lowest BCUT2D eigenvalue weighted by molar-refractivity contribution is 0.0526. The number of ether oxygens (including phenoxy) is 1. The highest BCUT2D eigenvalue weighted by molar-refractivity contribution is 7.89. The highest BCUT2D eigenvalue weighted by atomic mass is 32.2. The number of hydrogen-bond donors (Lipinski definition) is 1. The van der Waals surface area contributed by atoms with Crippen LogP contribution >= 0.6 is 0 Å². The number of aromatic nitrogens is 2. The third-order valence-corrected chi connectivity index (χ3v) is 5.20. The molecule has 0 saturated heterocycles. The van der Waals surface area contributed by atoms with Crippen LogP contribution in [0, 0.1) is 0 Å². The molecule has 0 unspecified atom stereocenters. The minimum absolute atomic E-state index is 0.0573. The molecular weight excluding hydrogens is 366 g/mol. The summed E-state index contributed by atoms with van der Waals surface area (Å²) in [6, 6.07) is 16.9. The van der Waals surface area contributed by atoms with E-state index in [4.69, 9.17) is 4.74 Å². The number of rotatable bonds is 7. The van der Waals surface area contributed by atoms with Gasteiger partial charge in [-0.1, -0.05) is 18.2 Å². The highest BCUT2D eigenvalue weighted by Crippen LogP contribution is 2.13. The molecule has 3 aromatic rings. The monoisotopic (exact) mass is 385 g/mol. The lowest BCUT2D eigenvalue weighted by atomic mass is 10.2. The van der Waals surface area contributed by atoms with Crippen molar-refractivity contribution in [3.63, 3.8) is 0 Å². The van der Waals surface area contributed by atoms with Crippen molar-refractivity contribution in [1.29, 1.82) is 0 Å². The summed E-state index contributed by atoms with van der Waals surface area (Å²) in [5, 5.41) is 4.36. The molecule has 27 heavy (non-hydrogen) atoms. The second-order valence-electron chi connectivity index (χ2n) is 5.66. The van der Waals surface area contributed by atoms with Crippen molar-refractivity contribution in [2.24, 2.45) is 0 Å². The molecule has 0 radical (unpaired) electrons. The summed E-state index contributed by atoms with van der Waals surface area (Å²) < 4.78 is 33.9. The summed E-state index contributed by atoms with van der Waals surface area (Å²) in [5.41, 5.74) is 1.78. The van der Waals surface area contributed by atoms with Crippen LogP contribution in [0.5, 0.6) is 0 Å². The van der Waals surface area contributed by atoms with Crippen LogP contribution in [0.15, 0.2) is 71.8 Å². The van der Waals surface area contributed by atoms with Crippen molar-refractivity contribution in [3.8, 4) is 5.69 Å². The number of para-hydroxylation sites is 1. The van der Waals surface area contributed by atoms with Crippen molar-refractivity contribution in [2.45, 2.75) is 18.4 Å². The van der Waals surface area contributed by atoms with Gasteiger partial charge in [-0.3, -0.25) is 0 Å². The molecule has 1 N–H and O–H groups in total. The first-order chi connectivity index (χ1) is 13.0. The molecule has 1 heterocycles. The standard InChI is InChI=1S/C19H19N3O4S/c1-2-26-19(23)15-8-10-18(11-9-15)27(24,25)20-14-16-12-13-22(21-16)17-6-4-3-5-7-17/h3-13,20H,2,14H2,1H3. The third-order valence-electron chi connectivity index (χ3n) is 3.78. The fraction of sp³-hybridized carbons (Fsp3) is 0.158. The molecule has 0 fully saturated rings. The summed E-state index contributed by atoms with van der Waals surface area (Å²) >= 11 is 0. The molecule has 140 valence electrons. The molecule has 0 aliphatic carbocycles. The SMILES string of the molecule is CCOC(=O)c1ccc(S(=O)(=O)NCc2ccn(-c3ccccc3)n2)cc1. The Morgan fingerprint density at radius 3 is 2.44 bits per heavy atom. The van der Waals surface area contributed by atoms with Crippen LogP contribution in [0.3, 0.4) is 0 Å². The Kier molecular flexibility index (Phi) is 5.68. The van der Waals surface area contributed by atoms with Gasteiger partial charge in [0, 0.05) is 6.20 Å². The number of esters is 1.